The minimum atomic E-state index is 0.189. The maximum atomic E-state index is 8.75. The Kier molecular flexibility index (Phi) is 4.93. The van der Waals surface area contributed by atoms with Crippen LogP contribution in [-0.2, 0) is 0 Å². The van der Waals surface area contributed by atoms with Gasteiger partial charge < -0.3 is 10.4 Å². The normalized spacial score (nSPS) is 12.8. The number of aromatic nitrogens is 1. The van der Waals surface area contributed by atoms with Crippen LogP contribution in [0.25, 0.3) is 0 Å². The molecule has 0 saturated heterocycles. The van der Waals surface area contributed by atoms with Crippen LogP contribution in [0.5, 0.6) is 0 Å². The lowest BCUT2D eigenvalue weighted by Gasteiger charge is -2.13. The number of thioether (sulfide) groups is 1. The van der Waals surface area contributed by atoms with E-state index in [-0.39, 0.29) is 6.61 Å². The van der Waals surface area contributed by atoms with E-state index in [9.17, 15) is 0 Å². The molecule has 1 aromatic heterocycles. The highest BCUT2D eigenvalue weighted by Gasteiger charge is 2.09. The molecule has 0 amide bonds. The zero-order valence-electron chi connectivity index (χ0n) is 8.53. The van der Waals surface area contributed by atoms with Crippen LogP contribution in [0.3, 0.4) is 0 Å². The van der Waals surface area contributed by atoms with Crippen LogP contribution in [0.1, 0.15) is 18.5 Å². The molecule has 2 N–H and O–H groups in total. The van der Waals surface area contributed by atoms with E-state index < -0.39 is 0 Å². The molecule has 0 aromatic carbocycles. The summed E-state index contributed by atoms with van der Waals surface area (Å²) in [5, 5.41) is 12.9. The zero-order chi connectivity index (χ0) is 10.4. The van der Waals surface area contributed by atoms with Crippen molar-refractivity contribution in [3.8, 4) is 0 Å². The van der Waals surface area contributed by atoms with Gasteiger partial charge in [-0.3, -0.25) is 0 Å². The van der Waals surface area contributed by atoms with Crippen molar-refractivity contribution in [2.24, 2.45) is 0 Å². The molecule has 0 fully saturated rings. The Labute approximate surface area is 88.9 Å². The summed E-state index contributed by atoms with van der Waals surface area (Å²) in [6.45, 7) is 2.29. The molecule has 78 valence electrons. The monoisotopic (exact) mass is 212 g/mol. The first-order valence-electron chi connectivity index (χ1n) is 4.65. The van der Waals surface area contributed by atoms with Gasteiger partial charge in [-0.2, -0.15) is 0 Å². The fourth-order valence-corrected chi connectivity index (χ4v) is 1.98. The molecule has 3 nitrogen and oxygen atoms in total. The number of hydrogen-bond donors (Lipinski definition) is 2. The van der Waals surface area contributed by atoms with Gasteiger partial charge in [0.1, 0.15) is 5.03 Å². The van der Waals surface area contributed by atoms with Gasteiger partial charge in [-0.1, -0.05) is 6.07 Å². The Hall–Kier alpha value is -0.580. The molecule has 0 aliphatic rings. The quantitative estimate of drug-likeness (QED) is 0.725. The van der Waals surface area contributed by atoms with Crippen LogP contribution in [0.2, 0.25) is 0 Å². The Morgan fingerprint density at radius 2 is 2.43 bits per heavy atom. The lowest BCUT2D eigenvalue weighted by Crippen LogP contribution is -2.13. The van der Waals surface area contributed by atoms with Crippen LogP contribution in [-0.4, -0.2) is 29.5 Å². The molecule has 14 heavy (non-hydrogen) atoms. The van der Waals surface area contributed by atoms with E-state index in [1.165, 1.54) is 5.56 Å². The van der Waals surface area contributed by atoms with Crippen LogP contribution < -0.4 is 5.32 Å². The molecule has 0 aliphatic carbocycles. The van der Waals surface area contributed by atoms with Gasteiger partial charge in [0.15, 0.2) is 0 Å². The first kappa shape index (κ1) is 11.5. The van der Waals surface area contributed by atoms with Gasteiger partial charge >= 0.3 is 0 Å². The van der Waals surface area contributed by atoms with Crippen molar-refractivity contribution in [1.82, 2.24) is 10.3 Å². The summed E-state index contributed by atoms with van der Waals surface area (Å²) in [6, 6.07) is 4.30. The molecule has 1 unspecified atom stereocenters. The fourth-order valence-electron chi connectivity index (χ4n) is 1.15. The topological polar surface area (TPSA) is 45.2 Å². The van der Waals surface area contributed by atoms with Gasteiger partial charge in [0.25, 0.3) is 0 Å². The first-order chi connectivity index (χ1) is 6.79. The van der Waals surface area contributed by atoms with E-state index in [0.29, 0.717) is 11.8 Å². The minimum absolute atomic E-state index is 0.189. The largest absolute Gasteiger partial charge is 0.396 e. The third-order valence-electron chi connectivity index (χ3n) is 2.03. The van der Waals surface area contributed by atoms with Crippen molar-refractivity contribution in [1.29, 1.82) is 0 Å². The highest BCUT2D eigenvalue weighted by molar-refractivity contribution is 7.99. The highest BCUT2D eigenvalue weighted by Crippen LogP contribution is 2.24. The number of nitrogens with one attached hydrogen (secondary N) is 1. The van der Waals surface area contributed by atoms with Crippen LogP contribution in [0.4, 0.5) is 0 Å². The summed E-state index contributed by atoms with van der Waals surface area (Å²) in [7, 11) is 1.93. The number of aliphatic hydroxyl groups is 1. The number of pyridine rings is 1. The zero-order valence-corrected chi connectivity index (χ0v) is 9.34. The molecule has 1 aromatic rings. The molecule has 0 bridgehead atoms. The van der Waals surface area contributed by atoms with Crippen molar-refractivity contribution in [3.63, 3.8) is 0 Å². The van der Waals surface area contributed by atoms with Gasteiger partial charge in [-0.15, -0.1) is 11.8 Å². The molecule has 1 atom stereocenters. The van der Waals surface area contributed by atoms with Crippen LogP contribution in [0.15, 0.2) is 23.4 Å². The molecule has 1 rings (SSSR count). The van der Waals surface area contributed by atoms with Gasteiger partial charge in [0.05, 0.1) is 6.61 Å². The van der Waals surface area contributed by atoms with Crippen LogP contribution in [0, 0.1) is 0 Å². The van der Waals surface area contributed by atoms with Crippen LogP contribution >= 0.6 is 11.8 Å². The van der Waals surface area contributed by atoms with E-state index in [2.05, 4.69) is 23.3 Å². The molecular formula is C10H16N2OS. The van der Waals surface area contributed by atoms with Gasteiger partial charge in [-0.05, 0) is 20.0 Å². The second-order valence-corrected chi connectivity index (χ2v) is 4.06. The van der Waals surface area contributed by atoms with Gasteiger partial charge in [0, 0.05) is 23.6 Å². The average Bonchev–Trinajstić information content (AvgIpc) is 2.25. The molecule has 0 spiro atoms. The third kappa shape index (κ3) is 2.97. The average molecular weight is 212 g/mol. The van der Waals surface area contributed by atoms with E-state index >= 15 is 0 Å². The standard InChI is InChI=1S/C10H16N2OS/c1-8(11-2)9-4-3-5-12-10(9)14-7-6-13/h3-5,8,11,13H,6-7H2,1-2H3. The molecule has 0 radical (unpaired) electrons. The summed E-state index contributed by atoms with van der Waals surface area (Å²) >= 11 is 1.59. The SMILES string of the molecule is CNC(C)c1cccnc1SCCO. The summed E-state index contributed by atoms with van der Waals surface area (Å²) in [5.41, 5.74) is 1.19. The Morgan fingerprint density at radius 1 is 1.64 bits per heavy atom. The Morgan fingerprint density at radius 3 is 3.07 bits per heavy atom. The fraction of sp³-hybridized carbons (Fsp3) is 0.500. The smallest absolute Gasteiger partial charge is 0.101 e. The molecule has 4 heteroatoms. The number of nitrogens with zero attached hydrogens (tertiary/aromatic N) is 1. The summed E-state index contributed by atoms with van der Waals surface area (Å²) in [6.07, 6.45) is 1.78. The van der Waals surface area contributed by atoms with Gasteiger partial charge in [0.2, 0.25) is 0 Å². The van der Waals surface area contributed by atoms with Crippen molar-refractivity contribution in [3.05, 3.63) is 23.9 Å². The van der Waals surface area contributed by atoms with Gasteiger partial charge in [-0.25, -0.2) is 4.98 Å². The number of hydrogen-bond acceptors (Lipinski definition) is 4. The van der Waals surface area contributed by atoms with Crippen molar-refractivity contribution in [2.45, 2.75) is 18.0 Å². The lowest BCUT2D eigenvalue weighted by molar-refractivity contribution is 0.322. The molecule has 0 saturated carbocycles. The summed E-state index contributed by atoms with van der Waals surface area (Å²) in [5.74, 6) is 0.695. The summed E-state index contributed by atoms with van der Waals surface area (Å²) in [4.78, 5) is 4.30. The first-order valence-corrected chi connectivity index (χ1v) is 5.64. The molecule has 1 heterocycles. The molecular weight excluding hydrogens is 196 g/mol. The van der Waals surface area contributed by atoms with E-state index in [1.807, 2.05) is 13.1 Å². The predicted molar refractivity (Wildman–Crippen MR) is 59.5 cm³/mol. The third-order valence-corrected chi connectivity index (χ3v) is 3.03. The molecule has 0 aliphatic heterocycles. The second-order valence-electron chi connectivity index (χ2n) is 2.98. The maximum absolute atomic E-state index is 8.75. The Bertz CT molecular complexity index is 281. The minimum Gasteiger partial charge on any atom is -0.396 e. The predicted octanol–water partition coefficient (Wildman–Crippen LogP) is 1.45. The van der Waals surface area contributed by atoms with E-state index in [1.54, 1.807) is 18.0 Å². The number of aliphatic hydroxyl groups excluding tert-OH is 1. The second kappa shape index (κ2) is 6.01. The highest BCUT2D eigenvalue weighted by atomic mass is 32.2. The lowest BCUT2D eigenvalue weighted by atomic mass is 10.1. The van der Waals surface area contributed by atoms with E-state index in [0.717, 1.165) is 5.03 Å². The van der Waals surface area contributed by atoms with Crippen molar-refractivity contribution < 1.29 is 5.11 Å². The summed E-state index contributed by atoms with van der Waals surface area (Å²) < 4.78 is 0. The van der Waals surface area contributed by atoms with Crippen molar-refractivity contribution >= 4 is 11.8 Å². The maximum Gasteiger partial charge on any atom is 0.101 e. The number of rotatable bonds is 5. The van der Waals surface area contributed by atoms with Crippen molar-refractivity contribution in [2.75, 3.05) is 19.4 Å². The van der Waals surface area contributed by atoms with E-state index in [4.69, 9.17) is 5.11 Å². The Balaban J connectivity index is 2.79.